The molecule has 0 saturated carbocycles. The van der Waals surface area contributed by atoms with Crippen molar-refractivity contribution in [3.05, 3.63) is 108 Å². The van der Waals surface area contributed by atoms with Crippen molar-refractivity contribution in [2.45, 2.75) is 41.5 Å². The van der Waals surface area contributed by atoms with E-state index < -0.39 is 0 Å². The molecule has 0 spiro atoms. The van der Waals surface area contributed by atoms with Gasteiger partial charge in [-0.3, -0.25) is 0 Å². The topological polar surface area (TPSA) is 0 Å². The van der Waals surface area contributed by atoms with E-state index in [-0.39, 0.29) is 0 Å². The highest BCUT2D eigenvalue weighted by atomic mass is 32.1. The van der Waals surface area contributed by atoms with Crippen LogP contribution in [0.25, 0.3) is 62.6 Å². The molecule has 0 aliphatic rings. The predicted molar refractivity (Wildman–Crippen MR) is 175 cm³/mol. The Morgan fingerprint density at radius 1 is 0.421 bits per heavy atom. The Kier molecular flexibility index (Phi) is 7.65. The highest BCUT2D eigenvalue weighted by Crippen LogP contribution is 2.43. The van der Waals surface area contributed by atoms with Gasteiger partial charge in [0, 0.05) is 19.2 Å². The summed E-state index contributed by atoms with van der Waals surface area (Å²) in [6.07, 6.45) is 0. The standard InChI is InChI=1S/C32H22S2.2C2H6/c1-19-27-15-23-13-26-18-30-28(20(2)32(34-30)22-11-7-4-8-12-22)16-24(26)14-25(23)17-29(27)33-31(19)21-9-5-3-6-10-21;2*1-2/h3-18H,1-2H3;2*1-2H3. The molecule has 5 aromatic carbocycles. The molecular weight excluding hydrogens is 497 g/mol. The van der Waals surface area contributed by atoms with E-state index >= 15 is 0 Å². The van der Waals surface area contributed by atoms with Crippen molar-refractivity contribution in [2.24, 2.45) is 0 Å². The summed E-state index contributed by atoms with van der Waals surface area (Å²) in [6.45, 7) is 12.5. The van der Waals surface area contributed by atoms with Crippen LogP contribution in [0.1, 0.15) is 38.8 Å². The maximum Gasteiger partial charge on any atom is 0.0384 e. The summed E-state index contributed by atoms with van der Waals surface area (Å²) in [7, 11) is 0. The van der Waals surface area contributed by atoms with Crippen LogP contribution in [-0.2, 0) is 0 Å². The lowest BCUT2D eigenvalue weighted by Gasteiger charge is -2.05. The molecule has 0 bridgehead atoms. The molecule has 0 nitrogen and oxygen atoms in total. The Morgan fingerprint density at radius 2 is 0.763 bits per heavy atom. The van der Waals surface area contributed by atoms with Crippen LogP contribution in [0.4, 0.5) is 0 Å². The normalized spacial score (nSPS) is 10.9. The second-order valence-corrected chi connectivity index (χ2v) is 11.2. The molecule has 190 valence electrons. The minimum absolute atomic E-state index is 1.31. The van der Waals surface area contributed by atoms with Gasteiger partial charge in [-0.1, -0.05) is 88.4 Å². The number of hydrogen-bond acceptors (Lipinski definition) is 2. The summed E-state index contributed by atoms with van der Waals surface area (Å²) >= 11 is 3.81. The molecule has 38 heavy (non-hydrogen) atoms. The molecule has 0 atom stereocenters. The van der Waals surface area contributed by atoms with E-state index in [4.69, 9.17) is 0 Å². The maximum absolute atomic E-state index is 2.39. The fourth-order valence-electron chi connectivity index (χ4n) is 5.16. The lowest BCUT2D eigenvalue weighted by molar-refractivity contribution is 1.50. The number of benzene rings is 5. The monoisotopic (exact) mass is 530 g/mol. The zero-order chi connectivity index (χ0) is 26.8. The third kappa shape index (κ3) is 4.53. The number of hydrogen-bond donors (Lipinski definition) is 0. The molecule has 7 rings (SSSR count). The van der Waals surface area contributed by atoms with Gasteiger partial charge in [0.05, 0.1) is 0 Å². The summed E-state index contributed by atoms with van der Waals surface area (Å²) in [5.41, 5.74) is 5.37. The van der Waals surface area contributed by atoms with Gasteiger partial charge in [0.25, 0.3) is 0 Å². The van der Waals surface area contributed by atoms with Crippen molar-refractivity contribution in [3.63, 3.8) is 0 Å². The van der Waals surface area contributed by atoms with Crippen LogP contribution in [0.5, 0.6) is 0 Å². The average molecular weight is 531 g/mol. The first-order chi connectivity index (χ1) is 18.7. The quantitative estimate of drug-likeness (QED) is 0.195. The molecule has 0 unspecified atom stereocenters. The van der Waals surface area contributed by atoms with Gasteiger partial charge in [0.2, 0.25) is 0 Å². The predicted octanol–water partition coefficient (Wildman–Crippen LogP) is 12.4. The van der Waals surface area contributed by atoms with Gasteiger partial charge in [-0.15, -0.1) is 22.7 Å². The van der Waals surface area contributed by atoms with Crippen LogP contribution in [0, 0.1) is 13.8 Å². The van der Waals surface area contributed by atoms with E-state index in [1.807, 2.05) is 50.4 Å². The molecule has 0 N–H and O–H groups in total. The van der Waals surface area contributed by atoms with E-state index in [1.165, 1.54) is 73.7 Å². The molecule has 0 aliphatic heterocycles. The molecule has 2 heterocycles. The van der Waals surface area contributed by atoms with Crippen LogP contribution in [0.3, 0.4) is 0 Å². The van der Waals surface area contributed by atoms with Crippen LogP contribution in [-0.4, -0.2) is 0 Å². The zero-order valence-electron chi connectivity index (χ0n) is 23.1. The lowest BCUT2D eigenvalue weighted by atomic mass is 9.98. The summed E-state index contributed by atoms with van der Waals surface area (Å²) in [5, 5.41) is 8.01. The molecule has 0 fully saturated rings. The Hall–Kier alpha value is -3.46. The Bertz CT molecular complexity index is 1710. The third-order valence-electron chi connectivity index (χ3n) is 6.98. The van der Waals surface area contributed by atoms with Crippen LogP contribution < -0.4 is 0 Å². The van der Waals surface area contributed by atoms with Gasteiger partial charge in [-0.2, -0.15) is 0 Å². The Labute approximate surface area is 234 Å². The summed E-state index contributed by atoms with van der Waals surface area (Å²) in [6, 6.07) is 35.8. The van der Waals surface area contributed by atoms with Gasteiger partial charge >= 0.3 is 0 Å². The first kappa shape index (κ1) is 26.2. The highest BCUT2D eigenvalue weighted by molar-refractivity contribution is 7.23. The van der Waals surface area contributed by atoms with Gasteiger partial charge < -0.3 is 0 Å². The summed E-state index contributed by atoms with van der Waals surface area (Å²) in [4.78, 5) is 2.75. The Morgan fingerprint density at radius 3 is 1.13 bits per heavy atom. The van der Waals surface area contributed by atoms with Gasteiger partial charge in [0.15, 0.2) is 0 Å². The molecule has 0 aliphatic carbocycles. The highest BCUT2D eigenvalue weighted by Gasteiger charge is 2.14. The number of aryl methyl sites for hydroxylation is 2. The minimum atomic E-state index is 1.31. The average Bonchev–Trinajstić information content (AvgIpc) is 3.48. The molecule has 0 saturated heterocycles. The zero-order valence-corrected chi connectivity index (χ0v) is 24.7. The number of rotatable bonds is 2. The van der Waals surface area contributed by atoms with Crippen LogP contribution >= 0.6 is 22.7 Å². The van der Waals surface area contributed by atoms with Crippen LogP contribution in [0.2, 0.25) is 0 Å². The van der Waals surface area contributed by atoms with E-state index in [0.29, 0.717) is 0 Å². The van der Waals surface area contributed by atoms with Crippen molar-refractivity contribution in [2.75, 3.05) is 0 Å². The summed E-state index contributed by atoms with van der Waals surface area (Å²) in [5.74, 6) is 0. The molecule has 7 aromatic rings. The van der Waals surface area contributed by atoms with Crippen molar-refractivity contribution < 1.29 is 0 Å². The van der Waals surface area contributed by atoms with Gasteiger partial charge in [-0.25, -0.2) is 0 Å². The fourth-order valence-corrected chi connectivity index (χ4v) is 7.65. The van der Waals surface area contributed by atoms with Crippen molar-refractivity contribution in [1.82, 2.24) is 0 Å². The van der Waals surface area contributed by atoms with Crippen LogP contribution in [0.15, 0.2) is 97.1 Å². The SMILES string of the molecule is CC.CC.Cc1c(-c2ccccc2)sc2cc3cc4cc5c(C)c(-c6ccccc6)sc5cc4cc3cc12. The second-order valence-electron chi connectivity index (χ2n) is 9.09. The van der Waals surface area contributed by atoms with E-state index in [9.17, 15) is 0 Å². The van der Waals surface area contributed by atoms with E-state index in [0.717, 1.165) is 0 Å². The minimum Gasteiger partial charge on any atom is -0.135 e. The molecule has 2 heteroatoms. The molecule has 0 amide bonds. The van der Waals surface area contributed by atoms with Gasteiger partial charge in [0.1, 0.15) is 0 Å². The van der Waals surface area contributed by atoms with Crippen molar-refractivity contribution in [1.29, 1.82) is 0 Å². The molecule has 2 aromatic heterocycles. The number of thiophene rings is 2. The molecule has 0 radical (unpaired) electrons. The van der Waals surface area contributed by atoms with Crippen molar-refractivity contribution >= 4 is 64.4 Å². The smallest absolute Gasteiger partial charge is 0.0384 e. The largest absolute Gasteiger partial charge is 0.135 e. The maximum atomic E-state index is 2.39. The lowest BCUT2D eigenvalue weighted by Crippen LogP contribution is -1.79. The second kappa shape index (κ2) is 11.1. The fraction of sp³-hybridized carbons (Fsp3) is 0.167. The first-order valence-electron chi connectivity index (χ1n) is 13.6. The molecular formula is C36H34S2. The summed E-state index contributed by atoms with van der Waals surface area (Å²) < 4.78 is 2.73. The van der Waals surface area contributed by atoms with E-state index in [2.05, 4.69) is 111 Å². The van der Waals surface area contributed by atoms with Crippen molar-refractivity contribution in [3.8, 4) is 20.9 Å². The Balaban J connectivity index is 0.000000704. The number of fused-ring (bicyclic) bond motifs is 4. The first-order valence-corrected chi connectivity index (χ1v) is 15.2. The third-order valence-corrected chi connectivity index (χ3v) is 9.59. The van der Waals surface area contributed by atoms with E-state index in [1.54, 1.807) is 0 Å². The van der Waals surface area contributed by atoms with Gasteiger partial charge in [-0.05, 0) is 105 Å².